The van der Waals surface area contributed by atoms with Gasteiger partial charge in [-0.1, -0.05) is 15.9 Å². The van der Waals surface area contributed by atoms with Crippen LogP contribution in [0.3, 0.4) is 0 Å². The zero-order chi connectivity index (χ0) is 9.84. The molecule has 1 rings (SSSR count). The first-order valence-electron chi connectivity index (χ1n) is 3.64. The minimum absolute atomic E-state index is 0.494. The van der Waals surface area contributed by atoms with Crippen LogP contribution in [0.25, 0.3) is 0 Å². The molecule has 1 aromatic rings. The number of benzene rings is 1. The molecule has 0 aliphatic carbocycles. The van der Waals surface area contributed by atoms with Crippen molar-refractivity contribution in [2.45, 2.75) is 0 Å². The second-order valence-electron chi connectivity index (χ2n) is 2.42. The smallest absolute Gasteiger partial charge is 0.0999 e. The molecular formula is C9H8BrN3. The summed E-state index contributed by atoms with van der Waals surface area (Å²) in [5.74, 6) is 0. The van der Waals surface area contributed by atoms with Crippen LogP contribution in [0.2, 0.25) is 0 Å². The molecule has 0 radical (unpaired) electrons. The van der Waals surface area contributed by atoms with E-state index in [4.69, 9.17) is 10.7 Å². The van der Waals surface area contributed by atoms with Crippen molar-refractivity contribution in [3.8, 4) is 6.07 Å². The number of nitrogens with zero attached hydrogens (tertiary/aromatic N) is 1. The Bertz CT molecular complexity index is 379. The number of anilines is 1. The van der Waals surface area contributed by atoms with Gasteiger partial charge in [-0.15, -0.1) is 0 Å². The van der Waals surface area contributed by atoms with Crippen LogP contribution in [0.1, 0.15) is 11.1 Å². The fourth-order valence-electron chi connectivity index (χ4n) is 1.07. The predicted octanol–water partition coefficient (Wildman–Crippen LogP) is 2.36. The first-order chi connectivity index (χ1) is 6.22. The molecule has 0 unspecified atom stereocenters. The molecule has 0 amide bonds. The molecular weight excluding hydrogens is 230 g/mol. The highest BCUT2D eigenvalue weighted by Crippen LogP contribution is 2.23. The summed E-state index contributed by atoms with van der Waals surface area (Å²) in [5.41, 5.74) is 1.89. The largest absolute Gasteiger partial charge is 0.388 e. The lowest BCUT2D eigenvalue weighted by molar-refractivity contribution is 1.42. The second-order valence-corrected chi connectivity index (χ2v) is 3.34. The van der Waals surface area contributed by atoms with Gasteiger partial charge in [0.15, 0.2) is 0 Å². The molecule has 3 nitrogen and oxygen atoms in total. The Morgan fingerprint density at radius 2 is 2.31 bits per heavy atom. The summed E-state index contributed by atoms with van der Waals surface area (Å²) in [5, 5.41) is 18.9. The standard InChI is InChI=1S/C9H8BrN3/c1-13-9-3-7(10)2-6(4-11)8(9)5-12/h2-3,5,12-13H,1H3. The number of hydrogen-bond acceptors (Lipinski definition) is 3. The molecule has 0 fully saturated rings. The van der Waals surface area contributed by atoms with Crippen molar-refractivity contribution in [3.63, 3.8) is 0 Å². The molecule has 1 aromatic carbocycles. The number of halogens is 1. The van der Waals surface area contributed by atoms with E-state index in [-0.39, 0.29) is 0 Å². The first kappa shape index (κ1) is 9.75. The van der Waals surface area contributed by atoms with Crippen molar-refractivity contribution in [2.24, 2.45) is 0 Å². The van der Waals surface area contributed by atoms with Gasteiger partial charge in [-0.25, -0.2) is 0 Å². The number of nitriles is 1. The lowest BCUT2D eigenvalue weighted by Gasteiger charge is -2.06. The van der Waals surface area contributed by atoms with Gasteiger partial charge in [0.2, 0.25) is 0 Å². The fourth-order valence-corrected chi connectivity index (χ4v) is 1.53. The van der Waals surface area contributed by atoms with Crippen molar-refractivity contribution in [3.05, 3.63) is 27.7 Å². The summed E-state index contributed by atoms with van der Waals surface area (Å²) in [4.78, 5) is 0. The van der Waals surface area contributed by atoms with Crippen molar-refractivity contribution >= 4 is 27.8 Å². The van der Waals surface area contributed by atoms with Crippen LogP contribution in [-0.4, -0.2) is 13.3 Å². The third kappa shape index (κ3) is 1.87. The van der Waals surface area contributed by atoms with Crippen molar-refractivity contribution in [1.29, 1.82) is 10.7 Å². The zero-order valence-corrected chi connectivity index (χ0v) is 8.64. The highest BCUT2D eigenvalue weighted by atomic mass is 79.9. The Morgan fingerprint density at radius 3 is 2.77 bits per heavy atom. The van der Waals surface area contributed by atoms with E-state index < -0.39 is 0 Å². The Balaban J connectivity index is 3.44. The Morgan fingerprint density at radius 1 is 1.62 bits per heavy atom. The van der Waals surface area contributed by atoms with Gasteiger partial charge >= 0.3 is 0 Å². The topological polar surface area (TPSA) is 59.7 Å². The van der Waals surface area contributed by atoms with Gasteiger partial charge in [0.1, 0.15) is 0 Å². The minimum atomic E-state index is 0.494. The van der Waals surface area contributed by atoms with Crippen LogP contribution < -0.4 is 5.32 Å². The molecule has 0 aromatic heterocycles. The maximum Gasteiger partial charge on any atom is 0.0999 e. The van der Waals surface area contributed by atoms with E-state index in [9.17, 15) is 0 Å². The third-order valence-corrected chi connectivity index (χ3v) is 2.14. The number of rotatable bonds is 2. The summed E-state index contributed by atoms with van der Waals surface area (Å²) in [6.07, 6.45) is 1.18. The van der Waals surface area contributed by atoms with Crippen LogP contribution in [0, 0.1) is 16.7 Å². The van der Waals surface area contributed by atoms with Crippen molar-refractivity contribution < 1.29 is 0 Å². The highest BCUT2D eigenvalue weighted by molar-refractivity contribution is 9.10. The van der Waals surface area contributed by atoms with Gasteiger partial charge < -0.3 is 10.7 Å². The quantitative estimate of drug-likeness (QED) is 0.777. The molecule has 0 saturated carbocycles. The molecule has 0 aliphatic heterocycles. The van der Waals surface area contributed by atoms with Gasteiger partial charge in [-0.05, 0) is 12.1 Å². The molecule has 0 bridgehead atoms. The molecule has 2 N–H and O–H groups in total. The van der Waals surface area contributed by atoms with Crippen molar-refractivity contribution in [1.82, 2.24) is 0 Å². The molecule has 0 aliphatic rings. The van der Waals surface area contributed by atoms with Gasteiger partial charge in [0.05, 0.1) is 11.6 Å². The van der Waals surface area contributed by atoms with E-state index in [1.807, 2.05) is 12.1 Å². The van der Waals surface area contributed by atoms with Gasteiger partial charge in [0.25, 0.3) is 0 Å². The monoisotopic (exact) mass is 237 g/mol. The van der Waals surface area contributed by atoms with E-state index in [0.717, 1.165) is 10.2 Å². The maximum atomic E-state index is 8.79. The summed E-state index contributed by atoms with van der Waals surface area (Å²) in [6, 6.07) is 5.57. The predicted molar refractivity (Wildman–Crippen MR) is 56.3 cm³/mol. The summed E-state index contributed by atoms with van der Waals surface area (Å²) in [6.45, 7) is 0. The summed E-state index contributed by atoms with van der Waals surface area (Å²) < 4.78 is 0.832. The zero-order valence-electron chi connectivity index (χ0n) is 7.06. The molecule has 0 atom stereocenters. The van der Waals surface area contributed by atoms with E-state index in [1.165, 1.54) is 6.21 Å². The first-order valence-corrected chi connectivity index (χ1v) is 4.44. The molecule has 0 spiro atoms. The lowest BCUT2D eigenvalue weighted by Crippen LogP contribution is -1.97. The third-order valence-electron chi connectivity index (χ3n) is 1.68. The highest BCUT2D eigenvalue weighted by Gasteiger charge is 2.06. The van der Waals surface area contributed by atoms with Gasteiger partial charge in [0, 0.05) is 29.0 Å². The van der Waals surface area contributed by atoms with E-state index in [2.05, 4.69) is 21.2 Å². The average molecular weight is 238 g/mol. The second kappa shape index (κ2) is 4.06. The molecule has 66 valence electrons. The molecule has 4 heteroatoms. The van der Waals surface area contributed by atoms with Crippen LogP contribution >= 0.6 is 15.9 Å². The lowest BCUT2D eigenvalue weighted by atomic mass is 10.1. The Kier molecular flexibility index (Phi) is 3.04. The SMILES string of the molecule is CNc1cc(Br)cc(C#N)c1C=N. The van der Waals surface area contributed by atoms with Crippen LogP contribution in [0.5, 0.6) is 0 Å². The van der Waals surface area contributed by atoms with Crippen LogP contribution in [-0.2, 0) is 0 Å². The average Bonchev–Trinajstić information content (AvgIpc) is 2.16. The van der Waals surface area contributed by atoms with E-state index in [1.54, 1.807) is 13.1 Å². The van der Waals surface area contributed by atoms with Crippen LogP contribution in [0.4, 0.5) is 5.69 Å². The molecule has 0 heterocycles. The maximum absolute atomic E-state index is 8.79. The van der Waals surface area contributed by atoms with Crippen LogP contribution in [0.15, 0.2) is 16.6 Å². The number of nitrogens with one attached hydrogen (secondary N) is 2. The van der Waals surface area contributed by atoms with Gasteiger partial charge in [-0.2, -0.15) is 5.26 Å². The Hall–Kier alpha value is -1.34. The molecule has 0 saturated heterocycles. The normalized spacial score (nSPS) is 9.00. The van der Waals surface area contributed by atoms with Crippen molar-refractivity contribution in [2.75, 3.05) is 12.4 Å². The number of hydrogen-bond donors (Lipinski definition) is 2. The van der Waals surface area contributed by atoms with Gasteiger partial charge in [-0.3, -0.25) is 0 Å². The summed E-state index contributed by atoms with van der Waals surface area (Å²) >= 11 is 3.29. The summed E-state index contributed by atoms with van der Waals surface area (Å²) in [7, 11) is 1.76. The van der Waals surface area contributed by atoms with E-state index in [0.29, 0.717) is 11.1 Å². The molecule has 13 heavy (non-hydrogen) atoms. The Labute approximate surface area is 85.0 Å². The van der Waals surface area contributed by atoms with E-state index >= 15 is 0 Å². The minimum Gasteiger partial charge on any atom is -0.388 e. The fraction of sp³-hybridized carbons (Fsp3) is 0.111.